The highest BCUT2D eigenvalue weighted by Crippen LogP contribution is 2.32. The summed E-state index contributed by atoms with van der Waals surface area (Å²) < 4.78 is 14.6. The number of aldehydes is 1. The highest BCUT2D eigenvalue weighted by Gasteiger charge is 2.12. The van der Waals surface area contributed by atoms with Crippen LogP contribution in [0.2, 0.25) is 0 Å². The molecule has 0 aliphatic heterocycles. The molecule has 0 fully saturated rings. The Hall–Kier alpha value is -0.870. The summed E-state index contributed by atoms with van der Waals surface area (Å²) in [5.74, 6) is -0.279. The molecule has 1 aromatic heterocycles. The van der Waals surface area contributed by atoms with Gasteiger partial charge in [0.25, 0.3) is 0 Å². The third-order valence-electron chi connectivity index (χ3n) is 2.01. The van der Waals surface area contributed by atoms with Gasteiger partial charge in [-0.1, -0.05) is 0 Å². The quantitative estimate of drug-likeness (QED) is 0.575. The average molecular weight is 226 g/mol. The molecule has 14 heavy (non-hydrogen) atoms. The number of fused-ring (bicyclic) bond motifs is 1. The lowest BCUT2D eigenvalue weighted by Gasteiger charge is -2.03. The van der Waals surface area contributed by atoms with Crippen molar-refractivity contribution in [2.75, 3.05) is 6.26 Å². The van der Waals surface area contributed by atoms with Gasteiger partial charge in [0.05, 0.1) is 4.90 Å². The highest BCUT2D eigenvalue weighted by atomic mass is 32.2. The van der Waals surface area contributed by atoms with Gasteiger partial charge in [0.2, 0.25) is 0 Å². The molecule has 1 heterocycles. The van der Waals surface area contributed by atoms with Gasteiger partial charge in [0.15, 0.2) is 6.29 Å². The number of halogens is 1. The summed E-state index contributed by atoms with van der Waals surface area (Å²) in [4.78, 5) is 11.2. The highest BCUT2D eigenvalue weighted by molar-refractivity contribution is 7.98. The molecule has 0 unspecified atom stereocenters. The van der Waals surface area contributed by atoms with E-state index in [0.29, 0.717) is 22.1 Å². The molecule has 1 nitrogen and oxygen atoms in total. The molecule has 0 spiro atoms. The van der Waals surface area contributed by atoms with Crippen LogP contribution in [0.1, 0.15) is 10.4 Å². The first-order chi connectivity index (χ1) is 6.77. The van der Waals surface area contributed by atoms with Gasteiger partial charge in [-0.25, -0.2) is 4.39 Å². The number of hydrogen-bond acceptors (Lipinski definition) is 3. The monoisotopic (exact) mass is 226 g/mol. The molecule has 0 saturated carbocycles. The lowest BCUT2D eigenvalue weighted by Crippen LogP contribution is -1.89. The van der Waals surface area contributed by atoms with Gasteiger partial charge < -0.3 is 0 Å². The van der Waals surface area contributed by atoms with Crippen LogP contribution < -0.4 is 0 Å². The van der Waals surface area contributed by atoms with Crippen molar-refractivity contribution in [1.29, 1.82) is 0 Å². The van der Waals surface area contributed by atoms with E-state index in [1.807, 2.05) is 5.38 Å². The summed E-state index contributed by atoms with van der Waals surface area (Å²) in [5, 5.41) is 2.43. The number of rotatable bonds is 2. The zero-order valence-corrected chi connectivity index (χ0v) is 9.05. The summed E-state index contributed by atoms with van der Waals surface area (Å²) in [6, 6.07) is 3.48. The van der Waals surface area contributed by atoms with Crippen molar-refractivity contribution in [3.63, 3.8) is 0 Å². The molecule has 0 atom stereocenters. The lowest BCUT2D eigenvalue weighted by molar-refractivity contribution is 0.112. The van der Waals surface area contributed by atoms with Gasteiger partial charge in [-0.15, -0.1) is 23.1 Å². The maximum absolute atomic E-state index is 13.8. The predicted octanol–water partition coefficient (Wildman–Crippen LogP) is 3.57. The predicted molar refractivity (Wildman–Crippen MR) is 59.0 cm³/mol. The van der Waals surface area contributed by atoms with Crippen molar-refractivity contribution in [3.8, 4) is 0 Å². The summed E-state index contributed by atoms with van der Waals surface area (Å²) in [5.41, 5.74) is 0.435. The largest absolute Gasteiger partial charge is 0.298 e. The lowest BCUT2D eigenvalue weighted by atomic mass is 10.2. The Kier molecular flexibility index (Phi) is 2.56. The van der Waals surface area contributed by atoms with Crippen molar-refractivity contribution in [3.05, 3.63) is 28.9 Å². The van der Waals surface area contributed by atoms with Crippen molar-refractivity contribution in [2.24, 2.45) is 0 Å². The molecular formula is C10H7FOS2. The smallest absolute Gasteiger partial charge is 0.151 e. The van der Waals surface area contributed by atoms with Crippen LogP contribution in [0.25, 0.3) is 10.1 Å². The minimum Gasteiger partial charge on any atom is -0.298 e. The van der Waals surface area contributed by atoms with Gasteiger partial charge >= 0.3 is 0 Å². The third kappa shape index (κ3) is 1.35. The Morgan fingerprint density at radius 2 is 2.36 bits per heavy atom. The second-order valence-electron chi connectivity index (χ2n) is 2.76. The molecule has 4 heteroatoms. The Morgan fingerprint density at radius 1 is 1.57 bits per heavy atom. The number of carbonyl (C=O) groups excluding carboxylic acids is 1. The van der Waals surface area contributed by atoms with Crippen LogP contribution in [-0.4, -0.2) is 12.5 Å². The molecule has 2 aromatic rings. The molecule has 0 aliphatic carbocycles. The Bertz CT molecular complexity index is 490. The third-order valence-corrected chi connectivity index (χ3v) is 3.70. The van der Waals surface area contributed by atoms with Crippen LogP contribution in [0.15, 0.2) is 22.4 Å². The van der Waals surface area contributed by atoms with Crippen molar-refractivity contribution < 1.29 is 9.18 Å². The Morgan fingerprint density at radius 3 is 3.00 bits per heavy atom. The van der Waals surface area contributed by atoms with Crippen LogP contribution in [-0.2, 0) is 0 Å². The first-order valence-corrected chi connectivity index (χ1v) is 6.07. The minimum absolute atomic E-state index is 0.279. The van der Waals surface area contributed by atoms with Gasteiger partial charge in [-0.05, 0) is 23.8 Å². The van der Waals surface area contributed by atoms with Crippen LogP contribution in [0.3, 0.4) is 0 Å². The van der Waals surface area contributed by atoms with Gasteiger partial charge in [0, 0.05) is 15.6 Å². The fourth-order valence-electron chi connectivity index (χ4n) is 1.36. The molecule has 0 saturated heterocycles. The second kappa shape index (κ2) is 3.71. The number of carbonyl (C=O) groups is 1. The normalized spacial score (nSPS) is 10.7. The van der Waals surface area contributed by atoms with E-state index in [4.69, 9.17) is 0 Å². The van der Waals surface area contributed by atoms with Gasteiger partial charge in [-0.2, -0.15) is 0 Å². The van der Waals surface area contributed by atoms with Crippen LogP contribution in [0.5, 0.6) is 0 Å². The topological polar surface area (TPSA) is 17.1 Å². The van der Waals surface area contributed by atoms with E-state index >= 15 is 0 Å². The minimum atomic E-state index is -0.279. The van der Waals surface area contributed by atoms with E-state index in [-0.39, 0.29) is 5.82 Å². The SMILES string of the molecule is CSc1c(C=O)cc2sccc2c1F. The molecule has 0 amide bonds. The maximum atomic E-state index is 13.8. The maximum Gasteiger partial charge on any atom is 0.151 e. The van der Waals surface area contributed by atoms with Crippen molar-refractivity contribution >= 4 is 39.5 Å². The van der Waals surface area contributed by atoms with E-state index in [9.17, 15) is 9.18 Å². The van der Waals surface area contributed by atoms with Crippen molar-refractivity contribution in [1.82, 2.24) is 0 Å². The summed E-state index contributed by atoms with van der Waals surface area (Å²) in [7, 11) is 0. The molecular weight excluding hydrogens is 219 g/mol. The van der Waals surface area contributed by atoms with E-state index in [1.54, 1.807) is 18.4 Å². The number of benzene rings is 1. The summed E-state index contributed by atoms with van der Waals surface area (Å²) in [6.45, 7) is 0. The molecule has 0 N–H and O–H groups in total. The average Bonchev–Trinajstić information content (AvgIpc) is 2.65. The summed E-state index contributed by atoms with van der Waals surface area (Å²) in [6.07, 6.45) is 2.47. The Balaban J connectivity index is 2.85. The zero-order chi connectivity index (χ0) is 10.1. The molecule has 2 rings (SSSR count). The number of thiophene rings is 1. The van der Waals surface area contributed by atoms with Gasteiger partial charge in [-0.3, -0.25) is 4.79 Å². The van der Waals surface area contributed by atoms with Crippen LogP contribution in [0.4, 0.5) is 4.39 Å². The Labute approximate surface area is 88.9 Å². The zero-order valence-electron chi connectivity index (χ0n) is 7.41. The number of hydrogen-bond donors (Lipinski definition) is 0. The number of thioether (sulfide) groups is 1. The van der Waals surface area contributed by atoms with Crippen LogP contribution >= 0.6 is 23.1 Å². The second-order valence-corrected chi connectivity index (χ2v) is 4.53. The van der Waals surface area contributed by atoms with E-state index in [2.05, 4.69) is 0 Å². The first kappa shape index (κ1) is 9.68. The van der Waals surface area contributed by atoms with E-state index in [1.165, 1.54) is 23.1 Å². The molecule has 0 radical (unpaired) electrons. The first-order valence-electron chi connectivity index (χ1n) is 3.96. The van der Waals surface area contributed by atoms with E-state index < -0.39 is 0 Å². The van der Waals surface area contributed by atoms with Gasteiger partial charge in [0.1, 0.15) is 5.82 Å². The standard InChI is InChI=1S/C10H7FOS2/c1-13-10-6(5-12)4-8-7(9(10)11)2-3-14-8/h2-5H,1H3. The van der Waals surface area contributed by atoms with Crippen LogP contribution in [0, 0.1) is 5.82 Å². The fraction of sp³-hybridized carbons (Fsp3) is 0.100. The molecule has 0 bridgehead atoms. The molecule has 1 aromatic carbocycles. The molecule has 0 aliphatic rings. The summed E-state index contributed by atoms with van der Waals surface area (Å²) >= 11 is 2.71. The molecule has 72 valence electrons. The van der Waals surface area contributed by atoms with Crippen molar-refractivity contribution in [2.45, 2.75) is 4.90 Å². The fourth-order valence-corrected chi connectivity index (χ4v) is 2.83. The van der Waals surface area contributed by atoms with E-state index in [0.717, 1.165) is 4.70 Å².